The topological polar surface area (TPSA) is 115 Å². The standard InChI is InChI=1S/C26H35N5O5/c1-5-31-24(33)22-21(23(32)27-14-17-11-12-19(35-4)20(13-17)36-6-2)28-16-30(22)15-26(31,3)25(34)29-18-9-7-8-10-18/h11-13,16,18H,5-10,14-15H2,1-4H3,(H,27,32)(H,29,34)/t26-/m1/s1. The van der Waals surface area contributed by atoms with Gasteiger partial charge in [-0.05, 0) is 51.3 Å². The fourth-order valence-electron chi connectivity index (χ4n) is 5.12. The van der Waals surface area contributed by atoms with Crippen LogP contribution in [0.15, 0.2) is 24.5 Å². The quantitative estimate of drug-likeness (QED) is 0.550. The van der Waals surface area contributed by atoms with Crippen molar-refractivity contribution in [2.45, 2.75) is 71.1 Å². The minimum absolute atomic E-state index is 0.0512. The van der Waals surface area contributed by atoms with Crippen LogP contribution in [0.5, 0.6) is 11.5 Å². The monoisotopic (exact) mass is 497 g/mol. The molecule has 0 unspecified atom stereocenters. The van der Waals surface area contributed by atoms with Gasteiger partial charge in [0.15, 0.2) is 17.2 Å². The van der Waals surface area contributed by atoms with Crippen LogP contribution in [0.25, 0.3) is 0 Å². The van der Waals surface area contributed by atoms with Gasteiger partial charge in [0.1, 0.15) is 11.2 Å². The molecule has 1 fully saturated rings. The maximum absolute atomic E-state index is 13.5. The molecule has 0 saturated heterocycles. The molecule has 194 valence electrons. The lowest BCUT2D eigenvalue weighted by Crippen LogP contribution is -2.64. The number of benzene rings is 1. The van der Waals surface area contributed by atoms with Gasteiger partial charge in [-0.1, -0.05) is 18.9 Å². The third-order valence-corrected chi connectivity index (χ3v) is 7.05. The van der Waals surface area contributed by atoms with Crippen LogP contribution in [0.2, 0.25) is 0 Å². The molecule has 10 nitrogen and oxygen atoms in total. The molecule has 0 radical (unpaired) electrons. The van der Waals surface area contributed by atoms with Gasteiger partial charge < -0.3 is 29.6 Å². The lowest BCUT2D eigenvalue weighted by atomic mass is 9.94. The van der Waals surface area contributed by atoms with Gasteiger partial charge in [0.05, 0.1) is 26.6 Å². The van der Waals surface area contributed by atoms with E-state index >= 15 is 0 Å². The molecule has 2 aliphatic rings. The number of ether oxygens (including phenoxy) is 2. The molecule has 36 heavy (non-hydrogen) atoms. The second-order valence-corrected chi connectivity index (χ2v) is 9.45. The number of nitrogens with one attached hydrogen (secondary N) is 2. The Hall–Kier alpha value is -3.56. The van der Waals surface area contributed by atoms with Crippen molar-refractivity contribution in [2.24, 2.45) is 0 Å². The number of likely N-dealkylation sites (N-methyl/N-ethyl adjacent to an activating group) is 1. The Morgan fingerprint density at radius 2 is 1.94 bits per heavy atom. The predicted octanol–water partition coefficient (Wildman–Crippen LogP) is 2.51. The zero-order chi connectivity index (χ0) is 25.9. The number of nitrogens with zero attached hydrogens (tertiary/aromatic N) is 3. The van der Waals surface area contributed by atoms with E-state index in [4.69, 9.17) is 9.47 Å². The van der Waals surface area contributed by atoms with E-state index in [9.17, 15) is 14.4 Å². The summed E-state index contributed by atoms with van der Waals surface area (Å²) in [5.41, 5.74) is 0.00748. The molecule has 2 aromatic rings. The Morgan fingerprint density at radius 3 is 2.61 bits per heavy atom. The summed E-state index contributed by atoms with van der Waals surface area (Å²) in [6, 6.07) is 5.58. The van der Waals surface area contributed by atoms with Crippen LogP contribution < -0.4 is 20.1 Å². The predicted molar refractivity (Wildman–Crippen MR) is 133 cm³/mol. The molecule has 10 heteroatoms. The first-order chi connectivity index (χ1) is 17.3. The number of rotatable bonds is 9. The number of hydrogen-bond donors (Lipinski definition) is 2. The fraction of sp³-hybridized carbons (Fsp3) is 0.538. The van der Waals surface area contributed by atoms with Crippen LogP contribution in [-0.4, -0.2) is 64.0 Å². The molecule has 2 N–H and O–H groups in total. The molecular weight excluding hydrogens is 462 g/mol. The number of methoxy groups -OCH3 is 1. The highest BCUT2D eigenvalue weighted by Gasteiger charge is 2.48. The molecule has 1 saturated carbocycles. The SMILES string of the molecule is CCOc1cc(CNC(=O)c2ncn3c2C(=O)N(CC)[C@@](C)(C(=O)NC2CCCC2)C3)ccc1OC. The number of aromatic nitrogens is 2. The molecule has 1 aromatic heterocycles. The van der Waals surface area contributed by atoms with Crippen LogP contribution in [0.3, 0.4) is 0 Å². The Kier molecular flexibility index (Phi) is 7.51. The average Bonchev–Trinajstić information content (AvgIpc) is 3.53. The highest BCUT2D eigenvalue weighted by molar-refractivity contribution is 6.07. The number of carbonyl (C=O) groups excluding carboxylic acids is 3. The van der Waals surface area contributed by atoms with E-state index in [1.54, 1.807) is 29.6 Å². The van der Waals surface area contributed by atoms with Crippen molar-refractivity contribution in [3.8, 4) is 11.5 Å². The maximum Gasteiger partial charge on any atom is 0.273 e. The van der Waals surface area contributed by atoms with Crippen molar-refractivity contribution in [1.82, 2.24) is 25.1 Å². The van der Waals surface area contributed by atoms with Crippen LogP contribution in [-0.2, 0) is 17.9 Å². The summed E-state index contributed by atoms with van der Waals surface area (Å²) < 4.78 is 12.5. The number of imidazole rings is 1. The first-order valence-corrected chi connectivity index (χ1v) is 12.6. The molecule has 1 aliphatic carbocycles. The number of amides is 3. The van der Waals surface area contributed by atoms with E-state index in [-0.39, 0.29) is 42.3 Å². The van der Waals surface area contributed by atoms with E-state index in [1.165, 1.54) is 6.33 Å². The molecule has 1 aromatic carbocycles. The third-order valence-electron chi connectivity index (χ3n) is 7.05. The van der Waals surface area contributed by atoms with Gasteiger partial charge in [-0.15, -0.1) is 0 Å². The summed E-state index contributed by atoms with van der Waals surface area (Å²) in [5.74, 6) is 0.203. The molecule has 2 heterocycles. The number of hydrogen-bond acceptors (Lipinski definition) is 6. The zero-order valence-electron chi connectivity index (χ0n) is 21.4. The zero-order valence-corrected chi connectivity index (χ0v) is 21.4. The van der Waals surface area contributed by atoms with E-state index in [0.29, 0.717) is 24.7 Å². The Bertz CT molecular complexity index is 1140. The molecular formula is C26H35N5O5. The summed E-state index contributed by atoms with van der Waals surface area (Å²) in [7, 11) is 1.57. The normalized spacial score (nSPS) is 19.7. The van der Waals surface area contributed by atoms with E-state index < -0.39 is 11.4 Å². The van der Waals surface area contributed by atoms with Crippen molar-refractivity contribution in [1.29, 1.82) is 0 Å². The van der Waals surface area contributed by atoms with Gasteiger partial charge in [0.2, 0.25) is 5.91 Å². The summed E-state index contributed by atoms with van der Waals surface area (Å²) in [6.07, 6.45) is 5.60. The smallest absolute Gasteiger partial charge is 0.273 e. The number of carbonyl (C=O) groups is 3. The first-order valence-electron chi connectivity index (χ1n) is 12.6. The maximum atomic E-state index is 13.5. The Morgan fingerprint density at radius 1 is 1.19 bits per heavy atom. The van der Waals surface area contributed by atoms with Gasteiger partial charge in [0, 0.05) is 19.1 Å². The minimum Gasteiger partial charge on any atom is -0.493 e. The fourth-order valence-corrected chi connectivity index (χ4v) is 5.12. The largest absolute Gasteiger partial charge is 0.493 e. The van der Waals surface area contributed by atoms with Crippen LogP contribution in [0.4, 0.5) is 0 Å². The molecule has 0 spiro atoms. The number of fused-ring (bicyclic) bond motifs is 1. The molecule has 0 bridgehead atoms. The van der Waals surface area contributed by atoms with E-state index in [2.05, 4.69) is 15.6 Å². The lowest BCUT2D eigenvalue weighted by molar-refractivity contribution is -0.133. The van der Waals surface area contributed by atoms with Crippen molar-refractivity contribution < 1.29 is 23.9 Å². The van der Waals surface area contributed by atoms with E-state index in [1.807, 2.05) is 26.0 Å². The molecule has 1 atom stereocenters. The van der Waals surface area contributed by atoms with Crippen LogP contribution >= 0.6 is 0 Å². The van der Waals surface area contributed by atoms with Gasteiger partial charge >= 0.3 is 0 Å². The third kappa shape index (κ3) is 4.76. The average molecular weight is 498 g/mol. The lowest BCUT2D eigenvalue weighted by Gasteiger charge is -2.43. The Labute approximate surface area is 211 Å². The second kappa shape index (κ2) is 10.6. The second-order valence-electron chi connectivity index (χ2n) is 9.45. The van der Waals surface area contributed by atoms with Crippen LogP contribution in [0.1, 0.15) is 73.0 Å². The van der Waals surface area contributed by atoms with Gasteiger partial charge in [-0.3, -0.25) is 14.4 Å². The molecule has 3 amide bonds. The summed E-state index contributed by atoms with van der Waals surface area (Å²) >= 11 is 0. The van der Waals surface area contributed by atoms with Gasteiger partial charge in [-0.2, -0.15) is 0 Å². The van der Waals surface area contributed by atoms with Gasteiger partial charge in [0.25, 0.3) is 11.8 Å². The highest BCUT2D eigenvalue weighted by atomic mass is 16.5. The summed E-state index contributed by atoms with van der Waals surface area (Å²) in [4.78, 5) is 45.7. The van der Waals surface area contributed by atoms with Crippen molar-refractivity contribution in [3.63, 3.8) is 0 Å². The highest BCUT2D eigenvalue weighted by Crippen LogP contribution is 2.30. The molecule has 1 aliphatic heterocycles. The summed E-state index contributed by atoms with van der Waals surface area (Å²) in [6.45, 7) is 6.78. The van der Waals surface area contributed by atoms with Crippen molar-refractivity contribution in [3.05, 3.63) is 41.5 Å². The molecule has 4 rings (SSSR count). The minimum atomic E-state index is -1.06. The van der Waals surface area contributed by atoms with Crippen molar-refractivity contribution >= 4 is 17.7 Å². The van der Waals surface area contributed by atoms with Crippen LogP contribution in [0, 0.1) is 0 Å². The van der Waals surface area contributed by atoms with Crippen molar-refractivity contribution in [2.75, 3.05) is 20.3 Å². The first kappa shape index (κ1) is 25.5. The van der Waals surface area contributed by atoms with Gasteiger partial charge in [-0.25, -0.2) is 4.98 Å². The summed E-state index contributed by atoms with van der Waals surface area (Å²) in [5, 5.41) is 5.97. The van der Waals surface area contributed by atoms with E-state index in [0.717, 1.165) is 31.2 Å². The Balaban J connectivity index is 1.51.